The Kier molecular flexibility index (Phi) is 8.30. The van der Waals surface area contributed by atoms with E-state index in [9.17, 15) is 0 Å². The van der Waals surface area contributed by atoms with Crippen molar-refractivity contribution in [3.8, 4) is 11.5 Å². The Labute approximate surface area is 195 Å². The fraction of sp³-hybridized carbons (Fsp3) is 0.435. The second kappa shape index (κ2) is 11.2. The predicted molar refractivity (Wildman–Crippen MR) is 120 cm³/mol. The average molecular weight is 458 g/mol. The third-order valence-corrected chi connectivity index (χ3v) is 5.93. The molecule has 1 fully saturated rings. The molecule has 0 amide bonds. The smallest absolute Gasteiger partial charge is 0.168 e. The van der Waals surface area contributed by atoms with Gasteiger partial charge in [0.05, 0.1) is 26.8 Å². The molecule has 4 rings (SSSR count). The third-order valence-electron chi connectivity index (χ3n) is 5.93. The molecule has 1 saturated heterocycles. The lowest BCUT2D eigenvalue weighted by molar-refractivity contribution is -0.00000714. The molecule has 32 heavy (non-hydrogen) atoms. The zero-order valence-corrected chi connectivity index (χ0v) is 19.6. The number of piperazine rings is 1. The van der Waals surface area contributed by atoms with Crippen molar-refractivity contribution < 1.29 is 21.9 Å². The van der Waals surface area contributed by atoms with Crippen molar-refractivity contribution in [2.45, 2.75) is 25.9 Å². The van der Waals surface area contributed by atoms with E-state index >= 15 is 0 Å². The molecule has 2 heterocycles. The first kappa shape index (κ1) is 23.8. The van der Waals surface area contributed by atoms with Gasteiger partial charge in [-0.25, -0.2) is 4.68 Å². The Morgan fingerprint density at radius 3 is 2.03 bits per heavy atom. The van der Waals surface area contributed by atoms with Gasteiger partial charge in [-0.05, 0) is 58.8 Å². The first-order valence-electron chi connectivity index (χ1n) is 10.7. The molecule has 0 spiro atoms. The van der Waals surface area contributed by atoms with Gasteiger partial charge in [0.2, 0.25) is 0 Å². The van der Waals surface area contributed by atoms with Crippen molar-refractivity contribution in [1.82, 2.24) is 25.1 Å². The van der Waals surface area contributed by atoms with Crippen LogP contribution in [0.4, 0.5) is 5.69 Å². The molecule has 1 aromatic heterocycles. The van der Waals surface area contributed by atoms with E-state index in [0.29, 0.717) is 6.54 Å². The number of nitrogens with zero attached hydrogens (tertiary/aromatic N) is 6. The summed E-state index contributed by atoms with van der Waals surface area (Å²) in [5.41, 5.74) is 2.38. The molecule has 172 valence electrons. The van der Waals surface area contributed by atoms with Gasteiger partial charge in [-0.1, -0.05) is 19.1 Å². The van der Waals surface area contributed by atoms with Crippen molar-refractivity contribution in [3.63, 3.8) is 0 Å². The summed E-state index contributed by atoms with van der Waals surface area (Å²) in [5, 5.41) is 12.7. The number of halogens is 1. The van der Waals surface area contributed by atoms with Crippen LogP contribution < -0.4 is 26.8 Å². The van der Waals surface area contributed by atoms with E-state index in [1.54, 1.807) is 14.2 Å². The lowest BCUT2D eigenvalue weighted by Crippen LogP contribution is -3.00. The van der Waals surface area contributed by atoms with Gasteiger partial charge in [0.1, 0.15) is 11.5 Å². The summed E-state index contributed by atoms with van der Waals surface area (Å²) in [6.45, 7) is 6.74. The number of hydrogen-bond donors (Lipinski definition) is 0. The highest BCUT2D eigenvalue weighted by atomic mass is 35.5. The highest BCUT2D eigenvalue weighted by Crippen LogP contribution is 2.26. The predicted octanol–water partition coefficient (Wildman–Crippen LogP) is 0.0159. The number of hydrogen-bond acceptors (Lipinski definition) is 7. The summed E-state index contributed by atoms with van der Waals surface area (Å²) in [5.74, 6) is 2.66. The van der Waals surface area contributed by atoms with E-state index in [1.807, 2.05) is 28.9 Å². The fourth-order valence-electron chi connectivity index (χ4n) is 4.16. The zero-order valence-electron chi connectivity index (χ0n) is 18.8. The van der Waals surface area contributed by atoms with E-state index in [2.05, 4.69) is 56.5 Å². The molecule has 0 N–H and O–H groups in total. The topological polar surface area (TPSA) is 68.5 Å². The zero-order chi connectivity index (χ0) is 21.6. The van der Waals surface area contributed by atoms with E-state index in [0.717, 1.165) is 55.5 Å². The second-order valence-corrected chi connectivity index (χ2v) is 7.69. The monoisotopic (exact) mass is 457 g/mol. The number of rotatable bonds is 8. The quantitative estimate of drug-likeness (QED) is 0.472. The Bertz CT molecular complexity index is 955. The molecule has 0 saturated carbocycles. The van der Waals surface area contributed by atoms with Crippen LogP contribution in [0.5, 0.6) is 11.5 Å². The normalized spacial score (nSPS) is 15.2. The standard InChI is InChI=1S/C23H30N6O2.ClH/c1-4-22(23-24-25-26-29(23)17-18-5-9-20(30-2)10-6-18)28-15-13-27(14-16-28)19-7-11-21(31-3)12-8-19;/h5-12,22H,4,13-17H2,1-3H3;1H/p-1. The summed E-state index contributed by atoms with van der Waals surface area (Å²) < 4.78 is 12.4. The summed E-state index contributed by atoms with van der Waals surface area (Å²) >= 11 is 0. The van der Waals surface area contributed by atoms with Crippen LogP contribution in [0, 0.1) is 0 Å². The van der Waals surface area contributed by atoms with Crippen LogP contribution in [0.1, 0.15) is 30.8 Å². The number of benzene rings is 2. The second-order valence-electron chi connectivity index (χ2n) is 7.69. The number of tetrazole rings is 1. The van der Waals surface area contributed by atoms with Crippen LogP contribution in [0.3, 0.4) is 0 Å². The fourth-order valence-corrected chi connectivity index (χ4v) is 4.16. The van der Waals surface area contributed by atoms with Crippen LogP contribution in [-0.2, 0) is 6.54 Å². The minimum absolute atomic E-state index is 0. The number of anilines is 1. The van der Waals surface area contributed by atoms with Crippen molar-refractivity contribution in [1.29, 1.82) is 0 Å². The van der Waals surface area contributed by atoms with E-state index in [4.69, 9.17) is 9.47 Å². The maximum absolute atomic E-state index is 5.27. The molecule has 9 heteroatoms. The van der Waals surface area contributed by atoms with Gasteiger partial charge >= 0.3 is 0 Å². The lowest BCUT2D eigenvalue weighted by Gasteiger charge is -2.39. The Morgan fingerprint density at radius 1 is 0.875 bits per heavy atom. The van der Waals surface area contributed by atoms with Gasteiger partial charge in [0, 0.05) is 31.9 Å². The van der Waals surface area contributed by atoms with Gasteiger partial charge in [-0.3, -0.25) is 4.90 Å². The minimum Gasteiger partial charge on any atom is -1.00 e. The van der Waals surface area contributed by atoms with Crippen molar-refractivity contribution in [2.24, 2.45) is 0 Å². The molecule has 0 radical (unpaired) electrons. The number of ether oxygens (including phenoxy) is 2. The number of aromatic nitrogens is 4. The average Bonchev–Trinajstić information content (AvgIpc) is 3.28. The van der Waals surface area contributed by atoms with Crippen LogP contribution in [0.15, 0.2) is 48.5 Å². The largest absolute Gasteiger partial charge is 1.00 e. The minimum atomic E-state index is 0. The van der Waals surface area contributed by atoms with Gasteiger partial charge in [0.15, 0.2) is 5.82 Å². The molecule has 1 aliphatic heterocycles. The van der Waals surface area contributed by atoms with Crippen LogP contribution in [0.25, 0.3) is 0 Å². The highest BCUT2D eigenvalue weighted by molar-refractivity contribution is 5.49. The van der Waals surface area contributed by atoms with Crippen LogP contribution >= 0.6 is 0 Å². The summed E-state index contributed by atoms with van der Waals surface area (Å²) in [6.07, 6.45) is 0.964. The Hall–Kier alpha value is -2.84. The first-order chi connectivity index (χ1) is 15.2. The first-order valence-corrected chi connectivity index (χ1v) is 10.7. The van der Waals surface area contributed by atoms with Crippen molar-refractivity contribution in [3.05, 3.63) is 59.9 Å². The van der Waals surface area contributed by atoms with E-state index < -0.39 is 0 Å². The number of methoxy groups -OCH3 is 2. The molecular formula is C23H30ClN6O2-. The maximum Gasteiger partial charge on any atom is 0.168 e. The van der Waals surface area contributed by atoms with Gasteiger partial charge in [0.25, 0.3) is 0 Å². The summed E-state index contributed by atoms with van der Waals surface area (Å²) in [6, 6.07) is 16.5. The van der Waals surface area contributed by atoms with Crippen LogP contribution in [-0.4, -0.2) is 65.5 Å². The highest BCUT2D eigenvalue weighted by Gasteiger charge is 2.28. The molecule has 1 atom stereocenters. The maximum atomic E-state index is 5.27. The molecule has 2 aromatic carbocycles. The van der Waals surface area contributed by atoms with Crippen molar-refractivity contribution >= 4 is 5.69 Å². The molecule has 8 nitrogen and oxygen atoms in total. The summed E-state index contributed by atoms with van der Waals surface area (Å²) in [7, 11) is 3.37. The Balaban J connectivity index is 0.00000289. The SMILES string of the molecule is CCC(c1nnnn1Cc1ccc(OC)cc1)N1CCN(c2ccc(OC)cc2)CC1.[Cl-]. The molecule has 1 aliphatic rings. The van der Waals surface area contributed by atoms with Crippen LogP contribution in [0.2, 0.25) is 0 Å². The van der Waals surface area contributed by atoms with Gasteiger partial charge < -0.3 is 26.8 Å². The molecule has 3 aromatic rings. The molecule has 0 aliphatic carbocycles. The van der Waals surface area contributed by atoms with E-state index in [1.165, 1.54) is 5.69 Å². The lowest BCUT2D eigenvalue weighted by atomic mass is 10.1. The molecular weight excluding hydrogens is 428 g/mol. The Morgan fingerprint density at radius 2 is 1.47 bits per heavy atom. The molecule has 1 unspecified atom stereocenters. The van der Waals surface area contributed by atoms with Crippen molar-refractivity contribution in [2.75, 3.05) is 45.3 Å². The van der Waals surface area contributed by atoms with Gasteiger partial charge in [-0.15, -0.1) is 5.10 Å². The van der Waals surface area contributed by atoms with E-state index in [-0.39, 0.29) is 18.4 Å². The molecule has 0 bridgehead atoms. The van der Waals surface area contributed by atoms with Gasteiger partial charge in [-0.2, -0.15) is 0 Å². The third kappa shape index (κ3) is 5.31. The summed E-state index contributed by atoms with van der Waals surface area (Å²) in [4.78, 5) is 4.92.